The van der Waals surface area contributed by atoms with Gasteiger partial charge in [0.05, 0.1) is 6.04 Å². The minimum atomic E-state index is 0. The Kier molecular flexibility index (Phi) is 6.16. The summed E-state index contributed by atoms with van der Waals surface area (Å²) in [6, 6.07) is 10.2. The third-order valence-corrected chi connectivity index (χ3v) is 3.37. The topological polar surface area (TPSA) is 41.1 Å². The molecule has 3 nitrogen and oxygen atoms in total. The van der Waals surface area contributed by atoms with Gasteiger partial charge in [0.25, 0.3) is 0 Å². The minimum absolute atomic E-state index is 0. The van der Waals surface area contributed by atoms with E-state index in [0.717, 1.165) is 31.5 Å². The first kappa shape index (κ1) is 15.0. The Balaban J connectivity index is 0.00000162. The Morgan fingerprint density at radius 1 is 1.28 bits per heavy atom. The molecule has 2 N–H and O–H groups in total. The number of halogens is 1. The molecule has 4 heteroatoms. The summed E-state index contributed by atoms with van der Waals surface area (Å²) < 4.78 is 0. The number of nitrogens with one attached hydrogen (secondary N) is 2. The van der Waals surface area contributed by atoms with Crippen molar-refractivity contribution in [3.63, 3.8) is 0 Å². The molecule has 1 unspecified atom stereocenters. The molecule has 0 radical (unpaired) electrons. The van der Waals surface area contributed by atoms with Crippen molar-refractivity contribution in [3.8, 4) is 0 Å². The quantitative estimate of drug-likeness (QED) is 0.883. The second kappa shape index (κ2) is 7.39. The second-order valence-corrected chi connectivity index (χ2v) is 4.67. The Morgan fingerprint density at radius 2 is 1.89 bits per heavy atom. The van der Waals surface area contributed by atoms with E-state index >= 15 is 0 Å². The second-order valence-electron chi connectivity index (χ2n) is 4.67. The number of hydrogen-bond acceptors (Lipinski definition) is 2. The summed E-state index contributed by atoms with van der Waals surface area (Å²) in [4.78, 5) is 12.0. The van der Waals surface area contributed by atoms with Crippen molar-refractivity contribution in [2.24, 2.45) is 5.92 Å². The normalized spacial score (nSPS) is 17.6. The summed E-state index contributed by atoms with van der Waals surface area (Å²) in [5, 5.41) is 6.37. The molecule has 0 aromatic heterocycles. The summed E-state index contributed by atoms with van der Waals surface area (Å²) in [5.41, 5.74) is 1.16. The molecule has 1 aliphatic heterocycles. The van der Waals surface area contributed by atoms with Crippen LogP contribution in [-0.2, 0) is 4.79 Å². The van der Waals surface area contributed by atoms with Crippen molar-refractivity contribution >= 4 is 18.3 Å². The maximum atomic E-state index is 12.0. The van der Waals surface area contributed by atoms with Crippen molar-refractivity contribution in [2.45, 2.75) is 25.8 Å². The zero-order valence-electron chi connectivity index (χ0n) is 10.7. The van der Waals surface area contributed by atoms with Crippen LogP contribution in [0.1, 0.15) is 31.4 Å². The molecule has 1 atom stereocenters. The van der Waals surface area contributed by atoms with E-state index in [4.69, 9.17) is 0 Å². The van der Waals surface area contributed by atoms with Crippen LogP contribution in [0, 0.1) is 5.92 Å². The van der Waals surface area contributed by atoms with Gasteiger partial charge in [-0.15, -0.1) is 12.4 Å². The number of amides is 1. The van der Waals surface area contributed by atoms with Crippen molar-refractivity contribution in [2.75, 3.05) is 13.1 Å². The summed E-state index contributed by atoms with van der Waals surface area (Å²) in [5.74, 6) is 0.380. The van der Waals surface area contributed by atoms with Gasteiger partial charge in [-0.2, -0.15) is 0 Å². The highest BCUT2D eigenvalue weighted by Crippen LogP contribution is 2.16. The average Bonchev–Trinajstić information content (AvgIpc) is 2.40. The average molecular weight is 269 g/mol. The molecule has 2 rings (SSSR count). The fourth-order valence-corrected chi connectivity index (χ4v) is 2.24. The van der Waals surface area contributed by atoms with Crippen molar-refractivity contribution in [1.29, 1.82) is 0 Å². The molecule has 100 valence electrons. The van der Waals surface area contributed by atoms with E-state index < -0.39 is 0 Å². The first-order valence-electron chi connectivity index (χ1n) is 6.33. The highest BCUT2D eigenvalue weighted by atomic mass is 35.5. The van der Waals surface area contributed by atoms with Crippen LogP contribution >= 0.6 is 12.4 Å². The van der Waals surface area contributed by atoms with E-state index in [9.17, 15) is 4.79 Å². The number of carbonyl (C=O) groups excluding carboxylic acids is 1. The lowest BCUT2D eigenvalue weighted by atomic mass is 9.96. The van der Waals surface area contributed by atoms with Gasteiger partial charge in [-0.05, 0) is 38.4 Å². The van der Waals surface area contributed by atoms with E-state index in [1.54, 1.807) is 0 Å². The number of carbonyl (C=O) groups is 1. The smallest absolute Gasteiger partial charge is 0.223 e. The fourth-order valence-electron chi connectivity index (χ4n) is 2.24. The number of benzene rings is 1. The van der Waals surface area contributed by atoms with Crippen LogP contribution in [-0.4, -0.2) is 19.0 Å². The number of piperidine rings is 1. The summed E-state index contributed by atoms with van der Waals surface area (Å²) in [6.07, 6.45) is 1.90. The number of rotatable bonds is 3. The van der Waals surface area contributed by atoms with Gasteiger partial charge >= 0.3 is 0 Å². The first-order chi connectivity index (χ1) is 8.27. The van der Waals surface area contributed by atoms with Crippen LogP contribution < -0.4 is 10.6 Å². The fraction of sp³-hybridized carbons (Fsp3) is 0.500. The third kappa shape index (κ3) is 4.00. The van der Waals surface area contributed by atoms with Gasteiger partial charge in [0.1, 0.15) is 0 Å². The monoisotopic (exact) mass is 268 g/mol. The molecule has 1 fully saturated rings. The van der Waals surface area contributed by atoms with Crippen LogP contribution in [0.2, 0.25) is 0 Å². The Labute approximate surface area is 115 Å². The molecule has 0 aliphatic carbocycles. The SMILES string of the molecule is CC(NC(=O)C1CCNCC1)c1ccccc1.Cl. The van der Waals surface area contributed by atoms with Gasteiger partial charge in [-0.1, -0.05) is 30.3 Å². The minimum Gasteiger partial charge on any atom is -0.349 e. The molecule has 1 heterocycles. The highest BCUT2D eigenvalue weighted by Gasteiger charge is 2.22. The van der Waals surface area contributed by atoms with E-state index in [2.05, 4.69) is 10.6 Å². The molecule has 0 spiro atoms. The number of hydrogen-bond donors (Lipinski definition) is 2. The van der Waals surface area contributed by atoms with Crippen molar-refractivity contribution < 1.29 is 4.79 Å². The molecular formula is C14H21ClN2O. The van der Waals surface area contributed by atoms with Gasteiger partial charge < -0.3 is 10.6 Å². The standard InChI is InChI=1S/C14H20N2O.ClH/c1-11(12-5-3-2-4-6-12)16-14(17)13-7-9-15-10-8-13;/h2-6,11,13,15H,7-10H2,1H3,(H,16,17);1H. The van der Waals surface area contributed by atoms with Crippen molar-refractivity contribution in [3.05, 3.63) is 35.9 Å². The van der Waals surface area contributed by atoms with Crippen LogP contribution in [0.4, 0.5) is 0 Å². The molecule has 18 heavy (non-hydrogen) atoms. The van der Waals surface area contributed by atoms with Crippen LogP contribution in [0.5, 0.6) is 0 Å². The molecule has 1 aliphatic rings. The maximum absolute atomic E-state index is 12.0. The lowest BCUT2D eigenvalue weighted by Gasteiger charge is -2.24. The molecule has 1 saturated heterocycles. The lowest BCUT2D eigenvalue weighted by molar-refractivity contribution is -0.126. The van der Waals surface area contributed by atoms with E-state index in [1.807, 2.05) is 37.3 Å². The molecule has 1 aromatic carbocycles. The van der Waals surface area contributed by atoms with E-state index in [0.29, 0.717) is 0 Å². The summed E-state index contributed by atoms with van der Waals surface area (Å²) in [6.45, 7) is 3.95. The summed E-state index contributed by atoms with van der Waals surface area (Å²) >= 11 is 0. The Hall–Kier alpha value is -1.06. The zero-order valence-corrected chi connectivity index (χ0v) is 11.5. The molecule has 1 amide bonds. The highest BCUT2D eigenvalue weighted by molar-refractivity contribution is 5.85. The van der Waals surface area contributed by atoms with Gasteiger partial charge in [0.15, 0.2) is 0 Å². The Bertz CT molecular complexity index is 363. The molecular weight excluding hydrogens is 248 g/mol. The maximum Gasteiger partial charge on any atom is 0.223 e. The van der Waals surface area contributed by atoms with Crippen LogP contribution in [0.15, 0.2) is 30.3 Å². The largest absolute Gasteiger partial charge is 0.349 e. The molecule has 1 aromatic rings. The van der Waals surface area contributed by atoms with E-state index in [-0.39, 0.29) is 30.3 Å². The molecule has 0 saturated carbocycles. The summed E-state index contributed by atoms with van der Waals surface area (Å²) in [7, 11) is 0. The van der Waals surface area contributed by atoms with Gasteiger partial charge in [-0.25, -0.2) is 0 Å². The van der Waals surface area contributed by atoms with Gasteiger partial charge in [-0.3, -0.25) is 4.79 Å². The predicted octanol–water partition coefficient (Wildman–Crippen LogP) is 2.29. The van der Waals surface area contributed by atoms with Gasteiger partial charge in [0, 0.05) is 5.92 Å². The van der Waals surface area contributed by atoms with Crippen molar-refractivity contribution in [1.82, 2.24) is 10.6 Å². The molecule has 0 bridgehead atoms. The van der Waals surface area contributed by atoms with Gasteiger partial charge in [0.2, 0.25) is 5.91 Å². The Morgan fingerprint density at radius 3 is 2.50 bits per heavy atom. The predicted molar refractivity (Wildman–Crippen MR) is 75.8 cm³/mol. The van der Waals surface area contributed by atoms with Crippen LogP contribution in [0.3, 0.4) is 0 Å². The van der Waals surface area contributed by atoms with E-state index in [1.165, 1.54) is 0 Å². The first-order valence-corrected chi connectivity index (χ1v) is 6.33. The third-order valence-electron chi connectivity index (χ3n) is 3.37. The van der Waals surface area contributed by atoms with Crippen LogP contribution in [0.25, 0.3) is 0 Å². The lowest BCUT2D eigenvalue weighted by Crippen LogP contribution is -2.39. The zero-order chi connectivity index (χ0) is 12.1.